The third kappa shape index (κ3) is 3.59. The van der Waals surface area contributed by atoms with Crippen LogP contribution in [-0.2, 0) is 16.1 Å². The van der Waals surface area contributed by atoms with Crippen LogP contribution in [0.15, 0.2) is 53.4 Å². The van der Waals surface area contributed by atoms with E-state index in [0.717, 1.165) is 22.3 Å². The van der Waals surface area contributed by atoms with Crippen molar-refractivity contribution < 1.29 is 14.7 Å². The summed E-state index contributed by atoms with van der Waals surface area (Å²) in [5, 5.41) is 9.16. The first-order chi connectivity index (χ1) is 12.5. The van der Waals surface area contributed by atoms with Gasteiger partial charge in [-0.15, -0.1) is 11.8 Å². The van der Waals surface area contributed by atoms with E-state index >= 15 is 0 Å². The maximum Gasteiger partial charge on any atom is 0.268 e. The lowest BCUT2D eigenvalue weighted by Gasteiger charge is -2.15. The van der Waals surface area contributed by atoms with Crippen LogP contribution in [0.3, 0.4) is 0 Å². The maximum absolute atomic E-state index is 13.1. The number of aliphatic hydroxyl groups is 1. The predicted molar refractivity (Wildman–Crippen MR) is 104 cm³/mol. The summed E-state index contributed by atoms with van der Waals surface area (Å²) >= 11 is 1.24. The number of amides is 2. The molecule has 0 bridgehead atoms. The van der Waals surface area contributed by atoms with Gasteiger partial charge in [0.25, 0.3) is 11.8 Å². The number of thioether (sulfide) groups is 1. The molecule has 1 aliphatic rings. The number of nitrogens with zero attached hydrogens (tertiary/aromatic N) is 1. The van der Waals surface area contributed by atoms with E-state index in [4.69, 9.17) is 5.11 Å². The molecule has 0 radical (unpaired) electrons. The molecule has 4 nitrogen and oxygen atoms in total. The lowest BCUT2D eigenvalue weighted by atomic mass is 10.0. The number of aryl methyl sites for hydroxylation is 2. The molecule has 2 aromatic carbocycles. The molecule has 0 spiro atoms. The van der Waals surface area contributed by atoms with Crippen LogP contribution in [0.5, 0.6) is 0 Å². The highest BCUT2D eigenvalue weighted by Crippen LogP contribution is 2.37. The van der Waals surface area contributed by atoms with Crippen molar-refractivity contribution in [3.8, 4) is 0 Å². The lowest BCUT2D eigenvalue weighted by molar-refractivity contribution is -0.137. The Morgan fingerprint density at radius 1 is 0.962 bits per heavy atom. The van der Waals surface area contributed by atoms with Crippen molar-refractivity contribution in [2.24, 2.45) is 0 Å². The number of hydrogen-bond acceptors (Lipinski definition) is 4. The summed E-state index contributed by atoms with van der Waals surface area (Å²) < 4.78 is 0. The lowest BCUT2D eigenvalue weighted by Crippen LogP contribution is -2.30. The monoisotopic (exact) mass is 367 g/mol. The largest absolute Gasteiger partial charge is 0.396 e. The van der Waals surface area contributed by atoms with Gasteiger partial charge in [-0.25, -0.2) is 0 Å². The number of aliphatic hydroxyl groups excluding tert-OH is 1. The Hall–Kier alpha value is -2.37. The molecule has 1 N–H and O–H groups in total. The Morgan fingerprint density at radius 2 is 1.69 bits per heavy atom. The minimum atomic E-state index is -0.287. The van der Waals surface area contributed by atoms with Gasteiger partial charge in [0, 0.05) is 5.75 Å². The molecule has 0 aliphatic carbocycles. The fraction of sp³-hybridized carbons (Fsp3) is 0.238. The fourth-order valence-electron chi connectivity index (χ4n) is 2.90. The van der Waals surface area contributed by atoms with Crippen molar-refractivity contribution in [1.82, 2.24) is 4.90 Å². The molecule has 0 unspecified atom stereocenters. The van der Waals surface area contributed by atoms with Crippen LogP contribution in [0.1, 0.15) is 22.3 Å². The standard InChI is InChI=1S/C21H21NO3S/c1-14-8-9-17(12-15(14)2)18-19(26-11-10-23)21(25)22(20(18)24)13-16-6-4-3-5-7-16/h3-9,12,23H,10-11,13H2,1-2H3. The van der Waals surface area contributed by atoms with E-state index in [1.54, 1.807) is 0 Å². The Bertz CT molecular complexity index is 874. The number of carbonyl (C=O) groups is 2. The summed E-state index contributed by atoms with van der Waals surface area (Å²) in [5.74, 6) is -0.185. The van der Waals surface area contributed by atoms with E-state index in [-0.39, 0.29) is 25.0 Å². The van der Waals surface area contributed by atoms with Gasteiger partial charge in [0.15, 0.2) is 0 Å². The second-order valence-corrected chi connectivity index (χ2v) is 7.36. The summed E-state index contributed by atoms with van der Waals surface area (Å²) in [5.41, 5.74) is 4.30. The third-order valence-corrected chi connectivity index (χ3v) is 5.50. The van der Waals surface area contributed by atoms with Crippen molar-refractivity contribution in [2.45, 2.75) is 20.4 Å². The predicted octanol–water partition coefficient (Wildman–Crippen LogP) is 3.31. The summed E-state index contributed by atoms with van der Waals surface area (Å²) in [6.07, 6.45) is 0. The summed E-state index contributed by atoms with van der Waals surface area (Å²) in [6, 6.07) is 15.3. The first-order valence-corrected chi connectivity index (χ1v) is 9.47. The number of benzene rings is 2. The average molecular weight is 367 g/mol. The molecule has 2 amide bonds. The molecule has 0 saturated heterocycles. The van der Waals surface area contributed by atoms with Gasteiger partial charge in [0.2, 0.25) is 0 Å². The fourth-order valence-corrected chi connectivity index (χ4v) is 3.78. The van der Waals surface area contributed by atoms with E-state index in [2.05, 4.69) is 0 Å². The highest BCUT2D eigenvalue weighted by molar-refractivity contribution is 8.04. The Balaban J connectivity index is 1.99. The molecule has 0 saturated carbocycles. The van der Waals surface area contributed by atoms with Gasteiger partial charge in [-0.2, -0.15) is 0 Å². The highest BCUT2D eigenvalue weighted by atomic mass is 32.2. The van der Waals surface area contributed by atoms with Crippen molar-refractivity contribution in [1.29, 1.82) is 0 Å². The Kier molecular flexibility index (Phi) is 5.59. The molecule has 134 valence electrons. The Labute approximate surface area is 157 Å². The Morgan fingerprint density at radius 3 is 2.35 bits per heavy atom. The first-order valence-electron chi connectivity index (χ1n) is 8.48. The van der Waals surface area contributed by atoms with Crippen molar-refractivity contribution >= 4 is 29.1 Å². The van der Waals surface area contributed by atoms with Crippen LogP contribution in [0.2, 0.25) is 0 Å². The quantitative estimate of drug-likeness (QED) is 0.796. The van der Waals surface area contributed by atoms with Gasteiger partial charge in [-0.1, -0.05) is 48.5 Å². The normalized spacial score (nSPS) is 14.5. The van der Waals surface area contributed by atoms with Crippen LogP contribution in [0, 0.1) is 13.8 Å². The minimum absolute atomic E-state index is 0.0471. The van der Waals surface area contributed by atoms with Gasteiger partial charge in [-0.05, 0) is 36.1 Å². The highest BCUT2D eigenvalue weighted by Gasteiger charge is 2.39. The van der Waals surface area contributed by atoms with Gasteiger partial charge < -0.3 is 5.11 Å². The SMILES string of the molecule is Cc1ccc(C2=C(SCCO)C(=O)N(Cc3ccccc3)C2=O)cc1C. The topological polar surface area (TPSA) is 57.6 Å². The van der Waals surface area contributed by atoms with Crippen molar-refractivity contribution in [2.75, 3.05) is 12.4 Å². The molecular formula is C21H21NO3S. The number of rotatable bonds is 6. The van der Waals surface area contributed by atoms with Gasteiger partial charge in [0.1, 0.15) is 0 Å². The molecular weight excluding hydrogens is 346 g/mol. The first kappa shape index (κ1) is 18.4. The zero-order valence-electron chi connectivity index (χ0n) is 14.9. The second-order valence-electron chi connectivity index (χ2n) is 6.26. The molecule has 0 aromatic heterocycles. The molecule has 2 aromatic rings. The minimum Gasteiger partial charge on any atom is -0.396 e. The molecule has 1 heterocycles. The van der Waals surface area contributed by atoms with E-state index in [1.165, 1.54) is 16.7 Å². The molecule has 26 heavy (non-hydrogen) atoms. The average Bonchev–Trinajstić information content (AvgIpc) is 2.87. The van der Waals surface area contributed by atoms with E-state index in [1.807, 2.05) is 62.4 Å². The molecule has 1 aliphatic heterocycles. The van der Waals surface area contributed by atoms with E-state index in [9.17, 15) is 9.59 Å². The molecule has 0 fully saturated rings. The van der Waals surface area contributed by atoms with Crippen LogP contribution >= 0.6 is 11.8 Å². The maximum atomic E-state index is 13.1. The zero-order valence-corrected chi connectivity index (χ0v) is 15.7. The van der Waals surface area contributed by atoms with Crippen LogP contribution < -0.4 is 0 Å². The van der Waals surface area contributed by atoms with E-state index < -0.39 is 0 Å². The molecule has 3 rings (SSSR count). The van der Waals surface area contributed by atoms with Gasteiger partial charge in [-0.3, -0.25) is 14.5 Å². The van der Waals surface area contributed by atoms with E-state index in [0.29, 0.717) is 16.2 Å². The van der Waals surface area contributed by atoms with Crippen LogP contribution in [0.4, 0.5) is 0 Å². The summed E-state index contributed by atoms with van der Waals surface area (Å²) in [4.78, 5) is 27.7. The van der Waals surface area contributed by atoms with Crippen molar-refractivity contribution in [3.63, 3.8) is 0 Å². The van der Waals surface area contributed by atoms with Gasteiger partial charge >= 0.3 is 0 Å². The van der Waals surface area contributed by atoms with Crippen molar-refractivity contribution in [3.05, 3.63) is 75.7 Å². The number of hydrogen-bond donors (Lipinski definition) is 1. The van der Waals surface area contributed by atoms with Gasteiger partial charge in [0.05, 0.1) is 23.6 Å². The zero-order chi connectivity index (χ0) is 18.7. The summed E-state index contributed by atoms with van der Waals surface area (Å²) in [6.45, 7) is 4.20. The smallest absolute Gasteiger partial charge is 0.268 e. The summed E-state index contributed by atoms with van der Waals surface area (Å²) in [7, 11) is 0. The second kappa shape index (κ2) is 7.89. The number of carbonyl (C=O) groups excluding carboxylic acids is 2. The number of imide groups is 1. The van der Waals surface area contributed by atoms with Crippen LogP contribution in [0.25, 0.3) is 5.57 Å². The molecule has 0 atom stereocenters. The third-order valence-electron chi connectivity index (χ3n) is 4.44. The van der Waals surface area contributed by atoms with Crippen LogP contribution in [-0.4, -0.2) is 34.2 Å². The molecule has 5 heteroatoms.